The van der Waals surface area contributed by atoms with Gasteiger partial charge in [0.25, 0.3) is 0 Å². The highest BCUT2D eigenvalue weighted by Gasteiger charge is 2.15. The maximum absolute atomic E-state index is 9.21. The Morgan fingerprint density at radius 2 is 2.39 bits per heavy atom. The molecule has 0 saturated carbocycles. The molecule has 1 heterocycles. The Morgan fingerprint density at radius 3 is 3.06 bits per heavy atom. The molecule has 2 rings (SSSR count). The third-order valence-corrected chi connectivity index (χ3v) is 3.95. The molecule has 0 radical (unpaired) electrons. The fraction of sp³-hybridized carbons (Fsp3) is 0.500. The minimum Gasteiger partial charge on any atom is -0.491 e. The highest BCUT2D eigenvalue weighted by atomic mass is 32.2. The highest BCUT2D eigenvalue weighted by molar-refractivity contribution is 7.98. The van der Waals surface area contributed by atoms with Gasteiger partial charge in [0.15, 0.2) is 0 Å². The number of hydrogen-bond acceptors (Lipinski definition) is 4. The monoisotopic (exact) mass is 262 g/mol. The van der Waals surface area contributed by atoms with Gasteiger partial charge < -0.3 is 10.1 Å². The van der Waals surface area contributed by atoms with Gasteiger partial charge in [-0.05, 0) is 37.8 Å². The van der Waals surface area contributed by atoms with Gasteiger partial charge in [0.1, 0.15) is 24.0 Å². The standard InChI is InChI=1S/C14H18N2OS/c1-18-14-7-4-6-13(12(14)9-15)17-10-11-5-2-3-8-16-11/h4,6-7,11,16H,2-3,5,8,10H2,1H3. The highest BCUT2D eigenvalue weighted by Crippen LogP contribution is 2.28. The quantitative estimate of drug-likeness (QED) is 0.848. The van der Waals surface area contributed by atoms with E-state index in [2.05, 4.69) is 11.4 Å². The third kappa shape index (κ3) is 3.18. The Hall–Kier alpha value is -1.18. The van der Waals surface area contributed by atoms with Crippen LogP contribution in [0.1, 0.15) is 24.8 Å². The molecule has 0 aliphatic carbocycles. The number of hydrogen-bond donors (Lipinski definition) is 1. The number of ether oxygens (including phenoxy) is 1. The number of nitrogens with one attached hydrogen (secondary N) is 1. The first kappa shape index (κ1) is 13.3. The van der Waals surface area contributed by atoms with Crippen molar-refractivity contribution < 1.29 is 4.74 Å². The number of rotatable bonds is 4. The molecule has 1 fully saturated rings. The maximum Gasteiger partial charge on any atom is 0.138 e. The fourth-order valence-corrected chi connectivity index (χ4v) is 2.73. The Labute approximate surface area is 113 Å². The van der Waals surface area contributed by atoms with Crippen LogP contribution in [0.25, 0.3) is 0 Å². The van der Waals surface area contributed by atoms with Crippen LogP contribution < -0.4 is 10.1 Å². The first-order valence-corrected chi connectivity index (χ1v) is 7.51. The second-order valence-electron chi connectivity index (χ2n) is 4.40. The summed E-state index contributed by atoms with van der Waals surface area (Å²) >= 11 is 1.58. The van der Waals surface area contributed by atoms with Crippen LogP contribution in [0.5, 0.6) is 5.75 Å². The van der Waals surface area contributed by atoms with Crippen LogP contribution in [0.3, 0.4) is 0 Å². The van der Waals surface area contributed by atoms with Gasteiger partial charge in [-0.1, -0.05) is 12.5 Å². The van der Waals surface area contributed by atoms with E-state index < -0.39 is 0 Å². The Bertz CT molecular complexity index is 436. The fourth-order valence-electron chi connectivity index (χ4n) is 2.17. The van der Waals surface area contributed by atoms with Gasteiger partial charge in [0.05, 0.1) is 0 Å². The molecule has 1 aliphatic heterocycles. The Kier molecular flexibility index (Phi) is 4.91. The summed E-state index contributed by atoms with van der Waals surface area (Å²) in [6, 6.07) is 8.43. The molecule has 0 bridgehead atoms. The van der Waals surface area contributed by atoms with Crippen molar-refractivity contribution in [3.63, 3.8) is 0 Å². The lowest BCUT2D eigenvalue weighted by atomic mass is 10.1. The largest absolute Gasteiger partial charge is 0.491 e. The molecule has 4 heteroatoms. The zero-order valence-corrected chi connectivity index (χ0v) is 11.4. The zero-order chi connectivity index (χ0) is 12.8. The van der Waals surface area contributed by atoms with E-state index in [-0.39, 0.29) is 0 Å². The van der Waals surface area contributed by atoms with Crippen molar-refractivity contribution in [3.05, 3.63) is 23.8 Å². The third-order valence-electron chi connectivity index (χ3n) is 3.17. The van der Waals surface area contributed by atoms with Crippen molar-refractivity contribution >= 4 is 11.8 Å². The molecule has 1 unspecified atom stereocenters. The van der Waals surface area contributed by atoms with Crippen LogP contribution in [0.4, 0.5) is 0 Å². The molecule has 1 aliphatic rings. The first-order valence-electron chi connectivity index (χ1n) is 6.28. The summed E-state index contributed by atoms with van der Waals surface area (Å²) in [4.78, 5) is 0.978. The molecule has 1 saturated heterocycles. The summed E-state index contributed by atoms with van der Waals surface area (Å²) in [6.07, 6.45) is 5.64. The Balaban J connectivity index is 2.02. The van der Waals surface area contributed by atoms with Gasteiger partial charge in [0.2, 0.25) is 0 Å². The molecule has 3 nitrogen and oxygen atoms in total. The average Bonchev–Trinajstić information content (AvgIpc) is 2.45. The molecule has 1 aromatic rings. The summed E-state index contributed by atoms with van der Waals surface area (Å²) in [5.41, 5.74) is 0.654. The number of nitriles is 1. The van der Waals surface area contributed by atoms with Gasteiger partial charge in [-0.2, -0.15) is 5.26 Å². The van der Waals surface area contributed by atoms with Crippen molar-refractivity contribution in [1.82, 2.24) is 5.32 Å². The molecule has 1 aromatic carbocycles. The molecule has 0 spiro atoms. The normalized spacial score (nSPS) is 19.2. The van der Waals surface area contributed by atoms with Gasteiger partial charge in [-0.15, -0.1) is 11.8 Å². The lowest BCUT2D eigenvalue weighted by molar-refractivity contribution is 0.238. The SMILES string of the molecule is CSc1cccc(OCC2CCCCN2)c1C#N. The molecular weight excluding hydrogens is 244 g/mol. The van der Waals surface area contributed by atoms with Gasteiger partial charge in [-0.3, -0.25) is 0 Å². The molecular formula is C14H18N2OS. The minimum atomic E-state index is 0.420. The van der Waals surface area contributed by atoms with Gasteiger partial charge in [0, 0.05) is 10.9 Å². The number of nitrogens with zero attached hydrogens (tertiary/aromatic N) is 1. The summed E-state index contributed by atoms with van der Waals surface area (Å²) < 4.78 is 5.81. The molecule has 18 heavy (non-hydrogen) atoms. The van der Waals surface area contributed by atoms with Crippen molar-refractivity contribution in [1.29, 1.82) is 5.26 Å². The smallest absolute Gasteiger partial charge is 0.138 e. The first-order chi connectivity index (χ1) is 8.85. The molecule has 1 N–H and O–H groups in total. The van der Waals surface area contributed by atoms with Crippen LogP contribution in [-0.2, 0) is 0 Å². The van der Waals surface area contributed by atoms with Crippen molar-refractivity contribution in [2.75, 3.05) is 19.4 Å². The van der Waals surface area contributed by atoms with Crippen LogP contribution in [-0.4, -0.2) is 25.4 Å². The van der Waals surface area contributed by atoms with E-state index in [4.69, 9.17) is 4.74 Å². The predicted molar refractivity (Wildman–Crippen MR) is 74.1 cm³/mol. The molecule has 96 valence electrons. The van der Waals surface area contributed by atoms with Crippen LogP contribution in [0.2, 0.25) is 0 Å². The lowest BCUT2D eigenvalue weighted by Crippen LogP contribution is -2.38. The topological polar surface area (TPSA) is 45.0 Å². The van der Waals surface area contributed by atoms with Gasteiger partial charge in [-0.25, -0.2) is 0 Å². The second kappa shape index (κ2) is 6.67. The lowest BCUT2D eigenvalue weighted by Gasteiger charge is -2.23. The molecule has 0 amide bonds. The summed E-state index contributed by atoms with van der Waals surface area (Å²) in [6.45, 7) is 1.72. The van der Waals surface area contributed by atoms with Crippen molar-refractivity contribution in [3.8, 4) is 11.8 Å². The second-order valence-corrected chi connectivity index (χ2v) is 5.25. The van der Waals surface area contributed by atoms with E-state index in [0.717, 1.165) is 17.9 Å². The summed E-state index contributed by atoms with van der Waals surface area (Å²) in [7, 11) is 0. The minimum absolute atomic E-state index is 0.420. The number of thioether (sulfide) groups is 1. The van der Waals surface area contributed by atoms with Gasteiger partial charge >= 0.3 is 0 Å². The van der Waals surface area contributed by atoms with Crippen LogP contribution in [0, 0.1) is 11.3 Å². The van der Waals surface area contributed by atoms with E-state index in [1.165, 1.54) is 12.8 Å². The van der Waals surface area contributed by atoms with Crippen molar-refractivity contribution in [2.45, 2.75) is 30.2 Å². The number of piperidine rings is 1. The predicted octanol–water partition coefficient (Wildman–Crippen LogP) is 2.80. The van der Waals surface area contributed by atoms with Crippen LogP contribution in [0.15, 0.2) is 23.1 Å². The van der Waals surface area contributed by atoms with E-state index in [1.807, 2.05) is 24.5 Å². The zero-order valence-electron chi connectivity index (χ0n) is 10.6. The summed E-state index contributed by atoms with van der Waals surface area (Å²) in [5.74, 6) is 0.705. The summed E-state index contributed by atoms with van der Waals surface area (Å²) in [5, 5.41) is 12.7. The average molecular weight is 262 g/mol. The molecule has 0 aromatic heterocycles. The maximum atomic E-state index is 9.21. The van der Waals surface area contributed by atoms with E-state index in [1.54, 1.807) is 11.8 Å². The van der Waals surface area contributed by atoms with E-state index >= 15 is 0 Å². The number of benzene rings is 1. The van der Waals surface area contributed by atoms with E-state index in [0.29, 0.717) is 24.0 Å². The van der Waals surface area contributed by atoms with E-state index in [9.17, 15) is 5.26 Å². The van der Waals surface area contributed by atoms with Crippen LogP contribution >= 0.6 is 11.8 Å². The Morgan fingerprint density at radius 1 is 1.50 bits per heavy atom. The molecule has 1 atom stereocenters. The van der Waals surface area contributed by atoms with Crippen molar-refractivity contribution in [2.24, 2.45) is 0 Å².